The van der Waals surface area contributed by atoms with Gasteiger partial charge in [0.2, 0.25) is 0 Å². The fraction of sp³-hybridized carbons (Fsp3) is 0.538. The minimum atomic E-state index is 0.0337. The molecule has 16 heavy (non-hydrogen) atoms. The number of nitrogens with one attached hydrogen (secondary N) is 1. The van der Waals surface area contributed by atoms with Gasteiger partial charge in [0.15, 0.2) is 0 Å². The Hall–Kier alpha value is -0.540. The standard InChI is InChI=1S/C13H18FNS/c14-13-5-3-1-2-4-11(13)10-16-12-6-8-15-9-7-12/h1-4,12,15H,5-10H2. The number of hydrogen-bond acceptors (Lipinski definition) is 2. The van der Waals surface area contributed by atoms with E-state index < -0.39 is 0 Å². The molecule has 1 nitrogen and oxygen atoms in total. The van der Waals surface area contributed by atoms with Crippen LogP contribution < -0.4 is 5.32 Å². The van der Waals surface area contributed by atoms with Crippen molar-refractivity contribution in [3.05, 3.63) is 35.7 Å². The van der Waals surface area contributed by atoms with E-state index in [2.05, 4.69) is 5.32 Å². The lowest BCUT2D eigenvalue weighted by Crippen LogP contribution is -2.29. The van der Waals surface area contributed by atoms with Gasteiger partial charge >= 0.3 is 0 Å². The van der Waals surface area contributed by atoms with E-state index in [1.54, 1.807) is 0 Å². The van der Waals surface area contributed by atoms with Crippen LogP contribution >= 0.6 is 11.8 Å². The quantitative estimate of drug-likeness (QED) is 0.811. The maximum atomic E-state index is 13.6. The number of rotatable bonds is 3. The molecule has 0 saturated carbocycles. The zero-order valence-corrected chi connectivity index (χ0v) is 10.2. The summed E-state index contributed by atoms with van der Waals surface area (Å²) in [6, 6.07) is 0. The molecule has 0 spiro atoms. The molecule has 2 aliphatic rings. The van der Waals surface area contributed by atoms with E-state index in [0.717, 1.165) is 24.4 Å². The van der Waals surface area contributed by atoms with Crippen LogP contribution in [0.3, 0.4) is 0 Å². The number of hydrogen-bond donors (Lipinski definition) is 1. The van der Waals surface area contributed by atoms with Crippen molar-refractivity contribution in [2.24, 2.45) is 0 Å². The Morgan fingerprint density at radius 1 is 1.31 bits per heavy atom. The molecule has 1 N–H and O–H groups in total. The van der Waals surface area contributed by atoms with Crippen molar-refractivity contribution in [2.75, 3.05) is 18.8 Å². The number of halogens is 1. The molecule has 0 radical (unpaired) electrons. The predicted molar refractivity (Wildman–Crippen MR) is 69.4 cm³/mol. The van der Waals surface area contributed by atoms with E-state index in [4.69, 9.17) is 0 Å². The summed E-state index contributed by atoms with van der Waals surface area (Å²) in [5.41, 5.74) is 0.869. The van der Waals surface area contributed by atoms with E-state index in [1.165, 1.54) is 12.8 Å². The van der Waals surface area contributed by atoms with Gasteiger partial charge in [-0.1, -0.05) is 24.3 Å². The van der Waals surface area contributed by atoms with Crippen molar-refractivity contribution in [2.45, 2.75) is 24.5 Å². The lowest BCUT2D eigenvalue weighted by molar-refractivity contribution is 0.531. The van der Waals surface area contributed by atoms with Gasteiger partial charge in [0.25, 0.3) is 0 Å². The number of allylic oxidation sites excluding steroid dienone is 5. The molecule has 1 aliphatic carbocycles. The molecule has 1 fully saturated rings. The molecule has 2 rings (SSSR count). The van der Waals surface area contributed by atoms with Gasteiger partial charge in [-0.2, -0.15) is 11.8 Å². The van der Waals surface area contributed by atoms with Gasteiger partial charge in [0.1, 0.15) is 5.83 Å². The average Bonchev–Trinajstić information content (AvgIpc) is 2.53. The van der Waals surface area contributed by atoms with Crippen LogP contribution in [0.25, 0.3) is 0 Å². The lowest BCUT2D eigenvalue weighted by atomic mass is 10.2. The highest BCUT2D eigenvalue weighted by molar-refractivity contribution is 8.00. The highest BCUT2D eigenvalue weighted by Gasteiger charge is 2.14. The average molecular weight is 239 g/mol. The third-order valence-electron chi connectivity index (χ3n) is 2.95. The van der Waals surface area contributed by atoms with Gasteiger partial charge in [-0.15, -0.1) is 0 Å². The Morgan fingerprint density at radius 2 is 2.12 bits per heavy atom. The van der Waals surface area contributed by atoms with Crippen molar-refractivity contribution in [3.63, 3.8) is 0 Å². The second-order valence-corrected chi connectivity index (χ2v) is 5.47. The Balaban J connectivity index is 1.84. The van der Waals surface area contributed by atoms with Gasteiger partial charge in [0.05, 0.1) is 0 Å². The molecule has 88 valence electrons. The normalized spacial score (nSPS) is 22.6. The molecular formula is C13H18FNS. The highest BCUT2D eigenvalue weighted by atomic mass is 32.2. The largest absolute Gasteiger partial charge is 0.317 e. The Bertz CT molecular complexity index is 314. The van der Waals surface area contributed by atoms with E-state index in [0.29, 0.717) is 11.7 Å². The summed E-state index contributed by atoms with van der Waals surface area (Å²) in [5, 5.41) is 4.05. The highest BCUT2D eigenvalue weighted by Crippen LogP contribution is 2.26. The molecule has 0 amide bonds. The maximum absolute atomic E-state index is 13.6. The summed E-state index contributed by atoms with van der Waals surface area (Å²) in [6.07, 6.45) is 10.5. The zero-order valence-electron chi connectivity index (χ0n) is 9.42. The summed E-state index contributed by atoms with van der Waals surface area (Å²) in [4.78, 5) is 0. The number of thioether (sulfide) groups is 1. The topological polar surface area (TPSA) is 12.0 Å². The Morgan fingerprint density at radius 3 is 2.94 bits per heavy atom. The Labute approximate surface area is 101 Å². The third-order valence-corrected chi connectivity index (χ3v) is 4.37. The van der Waals surface area contributed by atoms with E-state index >= 15 is 0 Å². The third kappa shape index (κ3) is 3.49. The van der Waals surface area contributed by atoms with Crippen molar-refractivity contribution < 1.29 is 4.39 Å². The second-order valence-electron chi connectivity index (χ2n) is 4.18. The Kier molecular flexibility index (Phi) is 4.67. The summed E-state index contributed by atoms with van der Waals surface area (Å²) in [7, 11) is 0. The molecule has 1 saturated heterocycles. The van der Waals surface area contributed by atoms with Gasteiger partial charge in [-0.05, 0) is 31.5 Å². The van der Waals surface area contributed by atoms with Crippen LogP contribution in [0, 0.1) is 0 Å². The fourth-order valence-corrected chi connectivity index (χ4v) is 3.18. The summed E-state index contributed by atoms with van der Waals surface area (Å²) in [6.45, 7) is 2.22. The SMILES string of the molecule is FC1=C(CSC2CCNCC2)C=CC=CC1. The van der Waals surface area contributed by atoms with Crippen LogP contribution in [-0.4, -0.2) is 24.1 Å². The van der Waals surface area contributed by atoms with Crippen LogP contribution in [0.4, 0.5) is 4.39 Å². The minimum absolute atomic E-state index is 0.0337. The van der Waals surface area contributed by atoms with Crippen LogP contribution in [-0.2, 0) is 0 Å². The van der Waals surface area contributed by atoms with Crippen molar-refractivity contribution in [3.8, 4) is 0 Å². The first-order valence-corrected chi connectivity index (χ1v) is 6.94. The van der Waals surface area contributed by atoms with E-state index in [-0.39, 0.29) is 5.83 Å². The smallest absolute Gasteiger partial charge is 0.108 e. The molecule has 0 aromatic carbocycles. The van der Waals surface area contributed by atoms with Crippen molar-refractivity contribution in [1.82, 2.24) is 5.32 Å². The second kappa shape index (κ2) is 6.26. The van der Waals surface area contributed by atoms with Crippen molar-refractivity contribution in [1.29, 1.82) is 0 Å². The molecule has 0 bridgehead atoms. The molecule has 1 heterocycles. The molecule has 0 aromatic heterocycles. The number of piperidine rings is 1. The predicted octanol–water partition coefficient (Wildman–Crippen LogP) is 3.21. The van der Waals surface area contributed by atoms with Crippen LogP contribution in [0.5, 0.6) is 0 Å². The van der Waals surface area contributed by atoms with Crippen LogP contribution in [0.2, 0.25) is 0 Å². The monoisotopic (exact) mass is 239 g/mol. The van der Waals surface area contributed by atoms with Crippen LogP contribution in [0.15, 0.2) is 35.7 Å². The molecule has 0 atom stereocenters. The molecule has 3 heteroatoms. The maximum Gasteiger partial charge on any atom is 0.108 e. The molecule has 0 unspecified atom stereocenters. The van der Waals surface area contributed by atoms with Gasteiger partial charge < -0.3 is 5.32 Å². The summed E-state index contributed by atoms with van der Waals surface area (Å²) < 4.78 is 13.6. The van der Waals surface area contributed by atoms with E-state index in [9.17, 15) is 4.39 Å². The zero-order chi connectivity index (χ0) is 11.2. The van der Waals surface area contributed by atoms with Gasteiger partial charge in [-0.3, -0.25) is 0 Å². The fourth-order valence-electron chi connectivity index (χ4n) is 1.94. The summed E-state index contributed by atoms with van der Waals surface area (Å²) >= 11 is 1.90. The lowest BCUT2D eigenvalue weighted by Gasteiger charge is -2.22. The van der Waals surface area contributed by atoms with Gasteiger partial charge in [0, 0.05) is 17.4 Å². The minimum Gasteiger partial charge on any atom is -0.317 e. The van der Waals surface area contributed by atoms with Crippen LogP contribution in [0.1, 0.15) is 19.3 Å². The van der Waals surface area contributed by atoms with E-state index in [1.807, 2.05) is 36.1 Å². The molecule has 0 aromatic rings. The molecule has 1 aliphatic heterocycles. The van der Waals surface area contributed by atoms with Crippen molar-refractivity contribution >= 4 is 11.8 Å². The first-order chi connectivity index (χ1) is 7.86. The van der Waals surface area contributed by atoms with Gasteiger partial charge in [-0.25, -0.2) is 4.39 Å². The first-order valence-electron chi connectivity index (χ1n) is 5.89. The first kappa shape index (κ1) is 11.9. The molecular weight excluding hydrogens is 221 g/mol. The summed E-state index contributed by atoms with van der Waals surface area (Å²) in [5.74, 6) is 0.848.